The Kier molecular flexibility index (Phi) is 5.13. The number of sulfonamides is 1. The van der Waals surface area contributed by atoms with Crippen LogP contribution in [0.5, 0.6) is 0 Å². The van der Waals surface area contributed by atoms with E-state index >= 15 is 0 Å². The van der Waals surface area contributed by atoms with Crippen LogP contribution in [-0.2, 0) is 22.9 Å². The smallest absolute Gasteiger partial charge is 0.241 e. The molecule has 0 heterocycles. The zero-order chi connectivity index (χ0) is 13.8. The summed E-state index contributed by atoms with van der Waals surface area (Å²) in [5.74, 6) is 0. The Labute approximate surface area is 108 Å². The lowest BCUT2D eigenvalue weighted by Crippen LogP contribution is -2.28. The summed E-state index contributed by atoms with van der Waals surface area (Å²) in [5.41, 5.74) is 7.90. The second-order valence-corrected chi connectivity index (χ2v) is 5.73. The van der Waals surface area contributed by atoms with Gasteiger partial charge in [0.05, 0.1) is 11.5 Å². The third-order valence-electron chi connectivity index (χ3n) is 2.76. The van der Waals surface area contributed by atoms with Crippen LogP contribution in [0.2, 0.25) is 0 Å². The van der Waals surface area contributed by atoms with E-state index in [1.807, 2.05) is 19.9 Å². The van der Waals surface area contributed by atoms with Gasteiger partial charge in [0, 0.05) is 12.2 Å². The van der Waals surface area contributed by atoms with Crippen LogP contribution in [0.25, 0.3) is 0 Å². The highest BCUT2D eigenvalue weighted by atomic mass is 32.2. The Hall–Kier alpha value is -1.11. The van der Waals surface area contributed by atoms with Crippen molar-refractivity contribution in [3.63, 3.8) is 0 Å². The number of hydrogen-bond donors (Lipinski definition) is 3. The monoisotopic (exact) mass is 272 g/mol. The predicted molar refractivity (Wildman–Crippen MR) is 71.9 cm³/mol. The maximum atomic E-state index is 12.1. The molecule has 102 valence electrons. The number of benzene rings is 1. The first kappa shape index (κ1) is 14.9. The highest BCUT2D eigenvalue weighted by Crippen LogP contribution is 2.25. The number of hydrogen-bond acceptors (Lipinski definition) is 4. The van der Waals surface area contributed by atoms with Crippen molar-refractivity contribution in [1.29, 1.82) is 0 Å². The molecule has 0 aliphatic heterocycles. The van der Waals surface area contributed by atoms with Crippen molar-refractivity contribution >= 4 is 15.7 Å². The average Bonchev–Trinajstić information content (AvgIpc) is 2.35. The molecular weight excluding hydrogens is 252 g/mol. The van der Waals surface area contributed by atoms with Crippen LogP contribution in [-0.4, -0.2) is 26.7 Å². The minimum atomic E-state index is -3.61. The van der Waals surface area contributed by atoms with Crippen LogP contribution < -0.4 is 10.5 Å². The standard InChI is InChI=1S/C12H20N2O3S/c1-3-9-7-11(13)10(4-2)12(8-9)18(16,17)14-5-6-15/h7-8,14-15H,3-6,13H2,1-2H3. The molecule has 0 unspecified atom stereocenters. The number of aryl methyl sites for hydroxylation is 1. The third-order valence-corrected chi connectivity index (χ3v) is 4.29. The van der Waals surface area contributed by atoms with Crippen molar-refractivity contribution in [3.05, 3.63) is 23.3 Å². The fourth-order valence-corrected chi connectivity index (χ4v) is 3.21. The third kappa shape index (κ3) is 3.22. The second kappa shape index (κ2) is 6.17. The molecule has 0 aliphatic carbocycles. The van der Waals surface area contributed by atoms with E-state index in [1.54, 1.807) is 6.07 Å². The van der Waals surface area contributed by atoms with Crippen molar-refractivity contribution in [2.24, 2.45) is 0 Å². The summed E-state index contributed by atoms with van der Waals surface area (Å²) >= 11 is 0. The van der Waals surface area contributed by atoms with Gasteiger partial charge in [-0.1, -0.05) is 13.8 Å². The van der Waals surface area contributed by atoms with E-state index in [-0.39, 0.29) is 18.0 Å². The van der Waals surface area contributed by atoms with Crippen LogP contribution in [0.15, 0.2) is 17.0 Å². The summed E-state index contributed by atoms with van der Waals surface area (Å²) in [6.45, 7) is 3.58. The second-order valence-electron chi connectivity index (χ2n) is 3.99. The SMILES string of the molecule is CCc1cc(N)c(CC)c(S(=O)(=O)NCCO)c1. The molecular formula is C12H20N2O3S. The van der Waals surface area contributed by atoms with E-state index in [2.05, 4.69) is 4.72 Å². The van der Waals surface area contributed by atoms with Crippen LogP contribution in [0.4, 0.5) is 5.69 Å². The van der Waals surface area contributed by atoms with Crippen LogP contribution in [0.3, 0.4) is 0 Å². The molecule has 4 N–H and O–H groups in total. The van der Waals surface area contributed by atoms with Crippen molar-refractivity contribution in [2.45, 2.75) is 31.6 Å². The topological polar surface area (TPSA) is 92.4 Å². The fraction of sp³-hybridized carbons (Fsp3) is 0.500. The zero-order valence-electron chi connectivity index (χ0n) is 10.7. The molecule has 1 aromatic rings. The van der Waals surface area contributed by atoms with Gasteiger partial charge >= 0.3 is 0 Å². The number of nitrogen functional groups attached to an aromatic ring is 1. The Morgan fingerprint density at radius 1 is 1.28 bits per heavy atom. The Bertz CT molecular complexity index is 512. The van der Waals surface area contributed by atoms with E-state index in [9.17, 15) is 8.42 Å². The Morgan fingerprint density at radius 2 is 1.94 bits per heavy atom. The minimum absolute atomic E-state index is 0.00173. The quantitative estimate of drug-likeness (QED) is 0.663. The van der Waals surface area contributed by atoms with Crippen molar-refractivity contribution in [3.8, 4) is 0 Å². The van der Waals surface area contributed by atoms with Gasteiger partial charge in [0.25, 0.3) is 0 Å². The number of nitrogens with two attached hydrogens (primary N) is 1. The Morgan fingerprint density at radius 3 is 2.44 bits per heavy atom. The van der Waals surface area contributed by atoms with Crippen molar-refractivity contribution < 1.29 is 13.5 Å². The molecule has 18 heavy (non-hydrogen) atoms. The molecule has 0 radical (unpaired) electrons. The molecule has 0 aromatic heterocycles. The van der Waals surface area contributed by atoms with E-state index in [4.69, 9.17) is 10.8 Å². The van der Waals surface area contributed by atoms with Gasteiger partial charge in [0.1, 0.15) is 0 Å². The van der Waals surface area contributed by atoms with Crippen LogP contribution in [0.1, 0.15) is 25.0 Å². The number of nitrogens with one attached hydrogen (secondary N) is 1. The lowest BCUT2D eigenvalue weighted by atomic mass is 10.1. The van der Waals surface area contributed by atoms with Gasteiger partial charge < -0.3 is 10.8 Å². The molecule has 0 bridgehead atoms. The Balaban J connectivity index is 3.33. The summed E-state index contributed by atoms with van der Waals surface area (Å²) in [7, 11) is -3.61. The first-order valence-corrected chi connectivity index (χ1v) is 7.46. The zero-order valence-corrected chi connectivity index (χ0v) is 11.5. The lowest BCUT2D eigenvalue weighted by molar-refractivity contribution is 0.301. The highest BCUT2D eigenvalue weighted by molar-refractivity contribution is 7.89. The first-order valence-electron chi connectivity index (χ1n) is 5.98. The van der Waals surface area contributed by atoms with Gasteiger partial charge in [-0.05, 0) is 36.1 Å². The summed E-state index contributed by atoms with van der Waals surface area (Å²) in [6.07, 6.45) is 1.27. The number of rotatable bonds is 6. The van der Waals surface area contributed by atoms with Gasteiger partial charge in [-0.25, -0.2) is 13.1 Å². The predicted octanol–water partition coefficient (Wildman–Crippen LogP) is 0.664. The molecule has 1 rings (SSSR count). The average molecular weight is 272 g/mol. The van der Waals surface area contributed by atoms with Gasteiger partial charge in [-0.2, -0.15) is 0 Å². The molecule has 1 aromatic carbocycles. The molecule has 0 saturated carbocycles. The first-order chi connectivity index (χ1) is 8.46. The summed E-state index contributed by atoms with van der Waals surface area (Å²) in [5, 5.41) is 8.71. The van der Waals surface area contributed by atoms with Crippen molar-refractivity contribution in [2.75, 3.05) is 18.9 Å². The van der Waals surface area contributed by atoms with Gasteiger partial charge in [0.2, 0.25) is 10.0 Å². The van der Waals surface area contributed by atoms with Gasteiger partial charge in [-0.3, -0.25) is 0 Å². The normalized spacial score (nSPS) is 11.7. The van der Waals surface area contributed by atoms with Gasteiger partial charge in [0.15, 0.2) is 0 Å². The summed E-state index contributed by atoms with van der Waals surface area (Å²) in [4.78, 5) is 0.218. The molecule has 5 nitrogen and oxygen atoms in total. The molecule has 0 aliphatic rings. The van der Waals surface area contributed by atoms with E-state index in [1.165, 1.54) is 0 Å². The molecule has 0 spiro atoms. The van der Waals surface area contributed by atoms with E-state index < -0.39 is 10.0 Å². The largest absolute Gasteiger partial charge is 0.398 e. The fourth-order valence-electron chi connectivity index (χ4n) is 1.81. The number of anilines is 1. The maximum absolute atomic E-state index is 12.1. The highest BCUT2D eigenvalue weighted by Gasteiger charge is 2.19. The van der Waals surface area contributed by atoms with E-state index in [0.29, 0.717) is 17.7 Å². The molecule has 0 atom stereocenters. The molecule has 0 amide bonds. The maximum Gasteiger partial charge on any atom is 0.241 e. The lowest BCUT2D eigenvalue weighted by Gasteiger charge is -2.14. The summed E-state index contributed by atoms with van der Waals surface area (Å²) < 4.78 is 26.6. The van der Waals surface area contributed by atoms with Crippen LogP contribution in [0, 0.1) is 0 Å². The summed E-state index contributed by atoms with van der Waals surface area (Å²) in [6, 6.07) is 3.46. The van der Waals surface area contributed by atoms with Gasteiger partial charge in [-0.15, -0.1) is 0 Å². The van der Waals surface area contributed by atoms with Crippen LogP contribution >= 0.6 is 0 Å². The number of aliphatic hydroxyl groups excluding tert-OH is 1. The molecule has 0 saturated heterocycles. The minimum Gasteiger partial charge on any atom is -0.398 e. The van der Waals surface area contributed by atoms with E-state index in [0.717, 1.165) is 12.0 Å². The number of aliphatic hydroxyl groups is 1. The molecule has 0 fully saturated rings. The van der Waals surface area contributed by atoms with Crippen molar-refractivity contribution in [1.82, 2.24) is 4.72 Å². The molecule has 6 heteroatoms.